The minimum Gasteiger partial charge on any atom is -0.324 e. The minimum absolute atomic E-state index is 0.168. The van der Waals surface area contributed by atoms with E-state index in [-0.39, 0.29) is 11.7 Å². The number of amides is 1. The SMILES string of the molecule is Cc1ccc(NC(=O)CSc2nnc(C)n2-c2cccc(Cl)c2)c(Cl)c1. The van der Waals surface area contributed by atoms with E-state index in [2.05, 4.69) is 15.5 Å². The molecule has 0 bridgehead atoms. The third kappa shape index (κ3) is 4.38. The van der Waals surface area contributed by atoms with Crippen LogP contribution in [0.2, 0.25) is 10.0 Å². The molecule has 0 atom stereocenters. The second kappa shape index (κ2) is 8.12. The minimum atomic E-state index is -0.168. The molecule has 2 aromatic carbocycles. The molecule has 0 unspecified atom stereocenters. The van der Waals surface area contributed by atoms with Crippen molar-refractivity contribution in [2.75, 3.05) is 11.1 Å². The molecular formula is C18H16Cl2N4OS. The van der Waals surface area contributed by atoms with Gasteiger partial charge in [-0.05, 0) is 49.7 Å². The van der Waals surface area contributed by atoms with Crippen molar-refractivity contribution < 1.29 is 4.79 Å². The van der Waals surface area contributed by atoms with Crippen molar-refractivity contribution in [3.8, 4) is 5.69 Å². The molecule has 0 aliphatic heterocycles. The molecule has 0 saturated carbocycles. The average molecular weight is 407 g/mol. The van der Waals surface area contributed by atoms with Gasteiger partial charge in [-0.2, -0.15) is 0 Å². The fourth-order valence-corrected chi connectivity index (χ4v) is 3.65. The predicted molar refractivity (Wildman–Crippen MR) is 107 cm³/mol. The number of nitrogens with zero attached hydrogens (tertiary/aromatic N) is 3. The van der Waals surface area contributed by atoms with Gasteiger partial charge in [0.05, 0.1) is 22.2 Å². The van der Waals surface area contributed by atoms with E-state index in [0.29, 0.717) is 20.9 Å². The van der Waals surface area contributed by atoms with Gasteiger partial charge in [-0.25, -0.2) is 0 Å². The van der Waals surface area contributed by atoms with Crippen molar-refractivity contribution in [1.29, 1.82) is 0 Å². The molecule has 5 nitrogen and oxygen atoms in total. The zero-order valence-electron chi connectivity index (χ0n) is 14.2. The van der Waals surface area contributed by atoms with Crippen LogP contribution in [0.15, 0.2) is 47.6 Å². The number of benzene rings is 2. The second-order valence-electron chi connectivity index (χ2n) is 5.67. The molecule has 134 valence electrons. The van der Waals surface area contributed by atoms with Crippen LogP contribution in [0.25, 0.3) is 5.69 Å². The van der Waals surface area contributed by atoms with Gasteiger partial charge in [0, 0.05) is 5.02 Å². The van der Waals surface area contributed by atoms with Crippen LogP contribution in [0.1, 0.15) is 11.4 Å². The highest BCUT2D eigenvalue weighted by molar-refractivity contribution is 7.99. The van der Waals surface area contributed by atoms with Gasteiger partial charge in [0.2, 0.25) is 5.91 Å². The summed E-state index contributed by atoms with van der Waals surface area (Å²) in [4.78, 5) is 12.3. The third-order valence-corrected chi connectivity index (χ3v) is 5.07. The first-order valence-corrected chi connectivity index (χ1v) is 9.55. The summed E-state index contributed by atoms with van der Waals surface area (Å²) in [5.41, 5.74) is 2.48. The Kier molecular flexibility index (Phi) is 5.86. The number of anilines is 1. The van der Waals surface area contributed by atoms with Crippen molar-refractivity contribution in [2.24, 2.45) is 0 Å². The number of rotatable bonds is 5. The Morgan fingerprint density at radius 1 is 1.15 bits per heavy atom. The number of thioether (sulfide) groups is 1. The van der Waals surface area contributed by atoms with E-state index in [1.807, 2.05) is 48.7 Å². The Hall–Kier alpha value is -2.02. The second-order valence-corrected chi connectivity index (χ2v) is 7.45. The third-order valence-electron chi connectivity index (χ3n) is 3.59. The maximum Gasteiger partial charge on any atom is 0.234 e. The van der Waals surface area contributed by atoms with Gasteiger partial charge < -0.3 is 5.32 Å². The van der Waals surface area contributed by atoms with Gasteiger partial charge in [-0.3, -0.25) is 9.36 Å². The number of nitrogens with one attached hydrogen (secondary N) is 1. The van der Waals surface area contributed by atoms with E-state index in [4.69, 9.17) is 23.2 Å². The van der Waals surface area contributed by atoms with E-state index in [1.54, 1.807) is 12.1 Å². The first-order valence-electron chi connectivity index (χ1n) is 7.81. The topological polar surface area (TPSA) is 59.8 Å². The molecular weight excluding hydrogens is 391 g/mol. The fourth-order valence-electron chi connectivity index (χ4n) is 2.39. The standard InChI is InChI=1S/C18H16Cl2N4OS/c1-11-6-7-16(15(20)8-11)21-17(25)10-26-18-23-22-12(2)24(18)14-5-3-4-13(19)9-14/h3-9H,10H2,1-2H3,(H,21,25). The van der Waals surface area contributed by atoms with Crippen LogP contribution in [0.3, 0.4) is 0 Å². The van der Waals surface area contributed by atoms with Crippen molar-refractivity contribution in [3.05, 3.63) is 63.9 Å². The first kappa shape index (κ1) is 18.8. The molecule has 0 fully saturated rings. The summed E-state index contributed by atoms with van der Waals surface area (Å²) in [5.74, 6) is 0.735. The van der Waals surface area contributed by atoms with Crippen LogP contribution in [-0.4, -0.2) is 26.4 Å². The Labute approximate surface area is 165 Å². The summed E-state index contributed by atoms with van der Waals surface area (Å²) in [6, 6.07) is 12.9. The van der Waals surface area contributed by atoms with Crippen LogP contribution >= 0.6 is 35.0 Å². The largest absolute Gasteiger partial charge is 0.324 e. The average Bonchev–Trinajstić information content (AvgIpc) is 2.96. The van der Waals surface area contributed by atoms with Crippen LogP contribution in [0.4, 0.5) is 5.69 Å². The Bertz CT molecular complexity index is 958. The summed E-state index contributed by atoms with van der Waals surface area (Å²) >= 11 is 13.5. The molecule has 0 radical (unpaired) electrons. The highest BCUT2D eigenvalue weighted by atomic mass is 35.5. The zero-order chi connectivity index (χ0) is 18.7. The van der Waals surface area contributed by atoms with Gasteiger partial charge in [0.1, 0.15) is 5.82 Å². The fraction of sp³-hybridized carbons (Fsp3) is 0.167. The Balaban J connectivity index is 1.71. The van der Waals surface area contributed by atoms with E-state index < -0.39 is 0 Å². The lowest BCUT2D eigenvalue weighted by molar-refractivity contribution is -0.113. The number of carbonyl (C=O) groups excluding carboxylic acids is 1. The molecule has 1 heterocycles. The van der Waals surface area contributed by atoms with E-state index in [0.717, 1.165) is 17.1 Å². The number of hydrogen-bond donors (Lipinski definition) is 1. The molecule has 3 rings (SSSR count). The molecule has 8 heteroatoms. The summed E-state index contributed by atoms with van der Waals surface area (Å²) in [5, 5.41) is 12.8. The van der Waals surface area contributed by atoms with Crippen molar-refractivity contribution in [3.63, 3.8) is 0 Å². The van der Waals surface area contributed by atoms with E-state index >= 15 is 0 Å². The summed E-state index contributed by atoms with van der Waals surface area (Å²) in [6.07, 6.45) is 0. The van der Waals surface area contributed by atoms with Gasteiger partial charge in [-0.15, -0.1) is 10.2 Å². The molecule has 1 amide bonds. The maximum atomic E-state index is 12.3. The smallest absolute Gasteiger partial charge is 0.234 e. The van der Waals surface area contributed by atoms with Gasteiger partial charge in [-0.1, -0.05) is 47.1 Å². The quantitative estimate of drug-likeness (QED) is 0.610. The highest BCUT2D eigenvalue weighted by Crippen LogP contribution is 2.25. The highest BCUT2D eigenvalue weighted by Gasteiger charge is 2.14. The van der Waals surface area contributed by atoms with Crippen LogP contribution < -0.4 is 5.32 Å². The van der Waals surface area contributed by atoms with Gasteiger partial charge in [0.25, 0.3) is 0 Å². The van der Waals surface area contributed by atoms with Crippen molar-refractivity contribution >= 4 is 46.6 Å². The van der Waals surface area contributed by atoms with E-state index in [1.165, 1.54) is 11.8 Å². The summed E-state index contributed by atoms with van der Waals surface area (Å²) < 4.78 is 1.86. The first-order chi connectivity index (χ1) is 12.4. The molecule has 26 heavy (non-hydrogen) atoms. The number of aromatic nitrogens is 3. The van der Waals surface area contributed by atoms with Crippen LogP contribution in [0.5, 0.6) is 0 Å². The molecule has 0 spiro atoms. The lowest BCUT2D eigenvalue weighted by Crippen LogP contribution is -2.15. The molecule has 0 saturated heterocycles. The van der Waals surface area contributed by atoms with E-state index in [9.17, 15) is 4.79 Å². The normalized spacial score (nSPS) is 10.8. The Morgan fingerprint density at radius 2 is 1.96 bits per heavy atom. The lowest BCUT2D eigenvalue weighted by Gasteiger charge is -2.10. The number of carbonyl (C=O) groups is 1. The van der Waals surface area contributed by atoms with Crippen molar-refractivity contribution in [1.82, 2.24) is 14.8 Å². The number of halogens is 2. The zero-order valence-corrected chi connectivity index (χ0v) is 16.5. The number of hydrogen-bond acceptors (Lipinski definition) is 4. The molecule has 0 aliphatic rings. The number of aryl methyl sites for hydroxylation is 2. The van der Waals surface area contributed by atoms with Gasteiger partial charge >= 0.3 is 0 Å². The van der Waals surface area contributed by atoms with Gasteiger partial charge in [0.15, 0.2) is 5.16 Å². The summed E-state index contributed by atoms with van der Waals surface area (Å²) in [7, 11) is 0. The predicted octanol–water partition coefficient (Wildman–Crippen LogP) is 4.92. The molecule has 1 N–H and O–H groups in total. The Morgan fingerprint density at radius 3 is 2.69 bits per heavy atom. The molecule has 0 aliphatic carbocycles. The monoisotopic (exact) mass is 406 g/mol. The maximum absolute atomic E-state index is 12.3. The summed E-state index contributed by atoms with van der Waals surface area (Å²) in [6.45, 7) is 3.79. The lowest BCUT2D eigenvalue weighted by atomic mass is 10.2. The van der Waals surface area contributed by atoms with Crippen molar-refractivity contribution in [2.45, 2.75) is 19.0 Å². The molecule has 1 aromatic heterocycles. The molecule has 3 aromatic rings. The van der Waals surface area contributed by atoms with Crippen LogP contribution in [-0.2, 0) is 4.79 Å². The van der Waals surface area contributed by atoms with Crippen LogP contribution in [0, 0.1) is 13.8 Å².